The van der Waals surface area contributed by atoms with E-state index < -0.39 is 14.9 Å². The average molecular weight is 463 g/mol. The van der Waals surface area contributed by atoms with Crippen LogP contribution in [0.25, 0.3) is 10.2 Å². The molecule has 11 nitrogen and oxygen atoms in total. The number of piperazine rings is 1. The molecule has 1 aliphatic rings. The molecule has 0 spiro atoms. The van der Waals surface area contributed by atoms with Gasteiger partial charge in [-0.1, -0.05) is 6.07 Å². The van der Waals surface area contributed by atoms with Crippen molar-refractivity contribution in [3.8, 4) is 0 Å². The quantitative estimate of drug-likeness (QED) is 0.405. The summed E-state index contributed by atoms with van der Waals surface area (Å²) in [7, 11) is -3.92. The zero-order valence-electron chi connectivity index (χ0n) is 16.1. The van der Waals surface area contributed by atoms with Crippen LogP contribution in [0.5, 0.6) is 0 Å². The molecular formula is C18H17N5O6S2. The van der Waals surface area contributed by atoms with Gasteiger partial charge < -0.3 is 4.90 Å². The first-order valence-corrected chi connectivity index (χ1v) is 11.5. The van der Waals surface area contributed by atoms with Crippen molar-refractivity contribution in [3.05, 3.63) is 62.5 Å². The number of fused-ring (bicyclic) bond motifs is 1. The Bertz CT molecular complexity index is 1320. The summed E-state index contributed by atoms with van der Waals surface area (Å²) >= 11 is 1.34. The minimum absolute atomic E-state index is 0.0491. The second-order valence-corrected chi connectivity index (χ2v) is 9.69. The van der Waals surface area contributed by atoms with E-state index >= 15 is 0 Å². The first-order valence-electron chi connectivity index (χ1n) is 9.22. The molecule has 0 saturated carbocycles. The topological polar surface area (TPSA) is 136 Å². The summed E-state index contributed by atoms with van der Waals surface area (Å²) in [6.07, 6.45) is 1.34. The van der Waals surface area contributed by atoms with Gasteiger partial charge >= 0.3 is 0 Å². The lowest BCUT2D eigenvalue weighted by Crippen LogP contribution is -2.51. The number of carbonyl (C=O) groups is 1. The summed E-state index contributed by atoms with van der Waals surface area (Å²) in [4.78, 5) is 41.5. The van der Waals surface area contributed by atoms with Crippen LogP contribution in [0.15, 0.2) is 51.7 Å². The van der Waals surface area contributed by atoms with E-state index in [4.69, 9.17) is 0 Å². The highest BCUT2D eigenvalue weighted by Gasteiger charge is 2.31. The summed E-state index contributed by atoms with van der Waals surface area (Å²) in [5, 5.41) is 13.1. The van der Waals surface area contributed by atoms with Crippen LogP contribution < -0.4 is 5.56 Å². The molecule has 0 N–H and O–H groups in total. The minimum atomic E-state index is -3.92. The summed E-state index contributed by atoms with van der Waals surface area (Å²) in [6, 6.07) is 6.53. The Balaban J connectivity index is 1.43. The predicted octanol–water partition coefficient (Wildman–Crippen LogP) is 0.899. The van der Waals surface area contributed by atoms with E-state index in [-0.39, 0.29) is 54.8 Å². The van der Waals surface area contributed by atoms with Gasteiger partial charge in [0.1, 0.15) is 11.4 Å². The number of nitro benzene ring substituents is 1. The molecule has 0 bridgehead atoms. The van der Waals surface area contributed by atoms with Crippen LogP contribution in [-0.4, -0.2) is 64.2 Å². The van der Waals surface area contributed by atoms with Crippen LogP contribution in [0.2, 0.25) is 0 Å². The Morgan fingerprint density at radius 1 is 1.19 bits per heavy atom. The Hall–Kier alpha value is -3.16. The summed E-state index contributed by atoms with van der Waals surface area (Å²) in [6.45, 7) is 0.210. The van der Waals surface area contributed by atoms with Crippen molar-refractivity contribution in [2.24, 2.45) is 0 Å². The lowest BCUT2D eigenvalue weighted by atomic mass is 10.3. The third-order valence-electron chi connectivity index (χ3n) is 5.01. The van der Waals surface area contributed by atoms with E-state index in [1.165, 1.54) is 49.6 Å². The van der Waals surface area contributed by atoms with Gasteiger partial charge in [-0.05, 0) is 17.5 Å². The molecule has 1 aromatic carbocycles. The first-order chi connectivity index (χ1) is 14.8. The van der Waals surface area contributed by atoms with Gasteiger partial charge in [0.15, 0.2) is 0 Å². The van der Waals surface area contributed by atoms with Gasteiger partial charge in [-0.25, -0.2) is 13.4 Å². The molecule has 0 aliphatic carbocycles. The maximum Gasteiger partial charge on any atom is 0.270 e. The highest BCUT2D eigenvalue weighted by Crippen LogP contribution is 2.22. The van der Waals surface area contributed by atoms with Gasteiger partial charge in [-0.3, -0.25) is 24.3 Å². The molecule has 0 radical (unpaired) electrons. The average Bonchev–Trinajstić information content (AvgIpc) is 3.25. The lowest BCUT2D eigenvalue weighted by Gasteiger charge is -2.34. The lowest BCUT2D eigenvalue weighted by molar-refractivity contribution is -0.385. The van der Waals surface area contributed by atoms with Gasteiger partial charge in [0.05, 0.1) is 21.5 Å². The molecule has 2 aromatic heterocycles. The Morgan fingerprint density at radius 3 is 2.65 bits per heavy atom. The Morgan fingerprint density at radius 2 is 1.94 bits per heavy atom. The number of hydrogen-bond acceptors (Lipinski definition) is 8. The van der Waals surface area contributed by atoms with E-state index in [0.717, 1.165) is 6.07 Å². The largest absolute Gasteiger partial charge is 0.338 e. The monoisotopic (exact) mass is 463 g/mol. The number of aromatic nitrogens is 2. The normalized spacial score (nSPS) is 15.3. The Labute approximate surface area is 180 Å². The molecule has 162 valence electrons. The van der Waals surface area contributed by atoms with Crippen molar-refractivity contribution >= 4 is 43.2 Å². The molecule has 1 aliphatic heterocycles. The van der Waals surface area contributed by atoms with Crippen LogP contribution in [0, 0.1) is 10.1 Å². The Kier molecular flexibility index (Phi) is 5.56. The predicted molar refractivity (Wildman–Crippen MR) is 112 cm³/mol. The van der Waals surface area contributed by atoms with Crippen LogP contribution in [0.3, 0.4) is 0 Å². The van der Waals surface area contributed by atoms with Crippen molar-refractivity contribution in [1.29, 1.82) is 0 Å². The van der Waals surface area contributed by atoms with Crippen LogP contribution in [-0.2, 0) is 21.4 Å². The fraction of sp³-hybridized carbons (Fsp3) is 0.278. The molecular weight excluding hydrogens is 446 g/mol. The molecule has 1 amide bonds. The number of nitro groups is 1. The molecule has 0 unspecified atom stereocenters. The van der Waals surface area contributed by atoms with Gasteiger partial charge in [0.25, 0.3) is 11.2 Å². The highest BCUT2D eigenvalue weighted by molar-refractivity contribution is 7.89. The number of hydrogen-bond donors (Lipinski definition) is 0. The zero-order valence-corrected chi connectivity index (χ0v) is 17.7. The number of sulfonamides is 1. The second kappa shape index (κ2) is 8.17. The molecule has 1 fully saturated rings. The first kappa shape index (κ1) is 21.1. The standard InChI is InChI=1S/C18H17N5O6S2/c24-16(11-21-12-19-17-15(18(21)25)4-9-30-17)20-5-7-22(8-6-20)31(28,29)14-3-1-2-13(10-14)23(26)27/h1-4,9-10,12H,5-8,11H2. The van der Waals surface area contributed by atoms with Gasteiger partial charge in [0.2, 0.25) is 15.9 Å². The fourth-order valence-corrected chi connectivity index (χ4v) is 5.52. The van der Waals surface area contributed by atoms with Gasteiger partial charge in [0, 0.05) is 38.3 Å². The maximum atomic E-state index is 12.8. The molecule has 0 atom stereocenters. The van der Waals surface area contributed by atoms with Crippen molar-refractivity contribution in [3.63, 3.8) is 0 Å². The maximum absolute atomic E-state index is 12.8. The van der Waals surface area contributed by atoms with Crippen LogP contribution in [0.1, 0.15) is 0 Å². The molecule has 1 saturated heterocycles. The number of rotatable bonds is 5. The third-order valence-corrected chi connectivity index (χ3v) is 7.73. The number of thiophene rings is 1. The molecule has 13 heteroatoms. The van der Waals surface area contributed by atoms with E-state index in [0.29, 0.717) is 10.2 Å². The zero-order chi connectivity index (χ0) is 22.2. The molecule has 4 rings (SSSR count). The van der Waals surface area contributed by atoms with E-state index in [1.807, 2.05) is 0 Å². The van der Waals surface area contributed by atoms with Crippen molar-refractivity contribution in [1.82, 2.24) is 18.8 Å². The van der Waals surface area contributed by atoms with Gasteiger partial charge in [-0.2, -0.15) is 4.31 Å². The van der Waals surface area contributed by atoms with Crippen molar-refractivity contribution in [2.45, 2.75) is 11.4 Å². The van der Waals surface area contributed by atoms with E-state index in [2.05, 4.69) is 4.98 Å². The third kappa shape index (κ3) is 4.06. The van der Waals surface area contributed by atoms with Crippen molar-refractivity contribution in [2.75, 3.05) is 26.2 Å². The second-order valence-electron chi connectivity index (χ2n) is 6.86. The number of non-ortho nitro benzene ring substituents is 1. The highest BCUT2D eigenvalue weighted by atomic mass is 32.2. The van der Waals surface area contributed by atoms with E-state index in [9.17, 15) is 28.1 Å². The number of benzene rings is 1. The van der Waals surface area contributed by atoms with Gasteiger partial charge in [-0.15, -0.1) is 11.3 Å². The summed E-state index contributed by atoms with van der Waals surface area (Å²) in [5.74, 6) is -0.314. The number of amides is 1. The summed E-state index contributed by atoms with van der Waals surface area (Å²) in [5.41, 5.74) is -0.608. The SMILES string of the molecule is O=C(Cn1cnc2sccc2c1=O)N1CCN(S(=O)(=O)c2cccc([N+](=O)[O-])c2)CC1. The van der Waals surface area contributed by atoms with Crippen molar-refractivity contribution < 1.29 is 18.1 Å². The van der Waals surface area contributed by atoms with Crippen LogP contribution in [0.4, 0.5) is 5.69 Å². The minimum Gasteiger partial charge on any atom is -0.338 e. The molecule has 31 heavy (non-hydrogen) atoms. The molecule has 3 heterocycles. The number of carbonyl (C=O) groups excluding carboxylic acids is 1. The van der Waals surface area contributed by atoms with Crippen LogP contribution >= 0.6 is 11.3 Å². The summed E-state index contributed by atoms with van der Waals surface area (Å²) < 4.78 is 28.1. The smallest absolute Gasteiger partial charge is 0.270 e. The van der Waals surface area contributed by atoms with E-state index in [1.54, 1.807) is 11.4 Å². The number of nitrogens with zero attached hydrogens (tertiary/aromatic N) is 5. The fourth-order valence-electron chi connectivity index (χ4n) is 3.34. The molecule has 3 aromatic rings.